The van der Waals surface area contributed by atoms with Gasteiger partial charge in [-0.05, 0) is 62.3 Å². The molecule has 1 aromatic carbocycles. The number of nitrogens with two attached hydrogens (primary N) is 1. The van der Waals surface area contributed by atoms with Gasteiger partial charge in [0, 0.05) is 22.2 Å². The topological polar surface area (TPSA) is 114 Å². The van der Waals surface area contributed by atoms with Gasteiger partial charge in [-0.1, -0.05) is 50.7 Å². The largest absolute Gasteiger partial charge is 0.412 e. The Morgan fingerprint density at radius 1 is 1.07 bits per heavy atom. The molecule has 0 bridgehead atoms. The van der Waals surface area contributed by atoms with Crippen molar-refractivity contribution in [3.05, 3.63) is 48.7 Å². The van der Waals surface area contributed by atoms with Crippen LogP contribution in [0.2, 0.25) is 0 Å². The first-order chi connectivity index (χ1) is 13.4. The molecule has 0 spiro atoms. The molecule has 170 valence electrons. The molecular weight excluding hydrogens is 414 g/mol. The molecule has 7 N–H and O–H groups in total. The molecule has 3 rings (SSSR count). The maximum Gasteiger partial charge on any atom is 0.101 e. The fourth-order valence-corrected chi connectivity index (χ4v) is 3.59. The lowest BCUT2D eigenvalue weighted by atomic mass is 9.86. The number of hydrogen-bond acceptors (Lipinski definition) is 5. The zero-order valence-electron chi connectivity index (χ0n) is 18.4. The van der Waals surface area contributed by atoms with Gasteiger partial charge in [0.25, 0.3) is 0 Å². The van der Waals surface area contributed by atoms with Crippen molar-refractivity contribution >= 4 is 30.1 Å². The van der Waals surface area contributed by atoms with Gasteiger partial charge in [0.2, 0.25) is 0 Å². The fraction of sp³-hybridized carbons (Fsp3) is 0.522. The number of benzene rings is 1. The van der Waals surface area contributed by atoms with E-state index in [1.54, 1.807) is 11.8 Å². The molecule has 0 aliphatic heterocycles. The van der Waals surface area contributed by atoms with Crippen LogP contribution >= 0.6 is 24.4 Å². The maximum atomic E-state index is 5.95. The van der Waals surface area contributed by atoms with Crippen LogP contribution in [0.15, 0.2) is 58.6 Å². The number of pyridine rings is 1. The van der Waals surface area contributed by atoms with E-state index in [4.69, 9.17) is 5.73 Å². The first-order valence-corrected chi connectivity index (χ1v) is 11.5. The van der Waals surface area contributed by atoms with Crippen LogP contribution in [0.5, 0.6) is 0 Å². The minimum absolute atomic E-state index is 0. The molecule has 1 aromatic heterocycles. The standard InChI is InChI=1S/C18H23N3S.C5H12S.2H2O/c19-15-8-6-14(7-9-15)12-20-16-10-11-18(21-13-16)22-17-4-2-1-3-5-17;1-4-5(2,3)6;;/h1-5,10-11,13-15,20H,6-9,12,19H2;6H,4H2,1-3H3;2*1H2. The van der Waals surface area contributed by atoms with Crippen molar-refractivity contribution in [2.24, 2.45) is 11.7 Å². The first kappa shape index (κ1) is 28.8. The molecule has 0 atom stereocenters. The predicted molar refractivity (Wildman–Crippen MR) is 134 cm³/mol. The highest BCUT2D eigenvalue weighted by atomic mass is 32.2. The van der Waals surface area contributed by atoms with Gasteiger partial charge < -0.3 is 22.0 Å². The molecule has 1 heterocycles. The van der Waals surface area contributed by atoms with Gasteiger partial charge in [-0.2, -0.15) is 12.6 Å². The highest BCUT2D eigenvalue weighted by Crippen LogP contribution is 2.27. The lowest BCUT2D eigenvalue weighted by molar-refractivity contribution is 0.339. The van der Waals surface area contributed by atoms with Crippen LogP contribution in [0, 0.1) is 5.92 Å². The Bertz CT molecular complexity index is 671. The van der Waals surface area contributed by atoms with Gasteiger partial charge in [-0.25, -0.2) is 4.98 Å². The van der Waals surface area contributed by atoms with Gasteiger partial charge in [-0.15, -0.1) is 0 Å². The molecule has 0 amide bonds. The number of anilines is 1. The lowest BCUT2D eigenvalue weighted by Crippen LogP contribution is -2.29. The van der Waals surface area contributed by atoms with Crippen molar-refractivity contribution in [3.63, 3.8) is 0 Å². The zero-order chi connectivity index (χ0) is 20.4. The Kier molecular flexibility index (Phi) is 14.1. The van der Waals surface area contributed by atoms with Gasteiger partial charge in [-0.3, -0.25) is 0 Å². The summed E-state index contributed by atoms with van der Waals surface area (Å²) < 4.78 is 0.236. The fourth-order valence-electron chi connectivity index (χ4n) is 2.81. The molecule has 1 aliphatic rings. The first-order valence-electron chi connectivity index (χ1n) is 10.3. The average molecular weight is 454 g/mol. The summed E-state index contributed by atoms with van der Waals surface area (Å²) in [6.45, 7) is 7.37. The Morgan fingerprint density at radius 3 is 2.17 bits per heavy atom. The molecule has 1 aliphatic carbocycles. The maximum absolute atomic E-state index is 5.95. The molecule has 1 saturated carbocycles. The van der Waals surface area contributed by atoms with Crippen molar-refractivity contribution in [1.29, 1.82) is 0 Å². The third-order valence-corrected chi connectivity index (χ3v) is 6.33. The van der Waals surface area contributed by atoms with Crippen LogP contribution < -0.4 is 11.1 Å². The summed E-state index contributed by atoms with van der Waals surface area (Å²) in [4.78, 5) is 5.75. The van der Waals surface area contributed by atoms with E-state index >= 15 is 0 Å². The van der Waals surface area contributed by atoms with Gasteiger partial charge in [0.1, 0.15) is 5.03 Å². The third-order valence-electron chi connectivity index (χ3n) is 5.05. The van der Waals surface area contributed by atoms with Crippen molar-refractivity contribution in [3.8, 4) is 0 Å². The second kappa shape index (κ2) is 14.7. The van der Waals surface area contributed by atoms with Gasteiger partial charge in [0.05, 0.1) is 11.9 Å². The summed E-state index contributed by atoms with van der Waals surface area (Å²) in [5, 5.41) is 4.54. The average Bonchev–Trinajstić information content (AvgIpc) is 2.69. The molecule has 7 heteroatoms. The van der Waals surface area contributed by atoms with Crippen LogP contribution in [0.25, 0.3) is 0 Å². The molecule has 0 radical (unpaired) electrons. The van der Waals surface area contributed by atoms with Crippen molar-refractivity contribution in [2.75, 3.05) is 11.9 Å². The van der Waals surface area contributed by atoms with Crippen LogP contribution in [0.3, 0.4) is 0 Å². The van der Waals surface area contributed by atoms with E-state index in [0.29, 0.717) is 6.04 Å². The van der Waals surface area contributed by atoms with Crippen molar-refractivity contribution in [2.45, 2.75) is 73.6 Å². The number of aromatic nitrogens is 1. The summed E-state index contributed by atoms with van der Waals surface area (Å²) in [6.07, 6.45) is 7.87. The number of thiol groups is 1. The van der Waals surface area contributed by atoms with E-state index in [2.05, 4.69) is 68.0 Å². The third kappa shape index (κ3) is 11.8. The van der Waals surface area contributed by atoms with Crippen LogP contribution in [-0.4, -0.2) is 33.3 Å². The smallest absolute Gasteiger partial charge is 0.101 e. The quantitative estimate of drug-likeness (QED) is 0.554. The highest BCUT2D eigenvalue weighted by molar-refractivity contribution is 7.99. The van der Waals surface area contributed by atoms with E-state index in [-0.39, 0.29) is 15.7 Å². The van der Waals surface area contributed by atoms with Crippen LogP contribution in [-0.2, 0) is 0 Å². The molecule has 0 unspecified atom stereocenters. The summed E-state index contributed by atoms with van der Waals surface area (Å²) >= 11 is 5.94. The van der Waals surface area contributed by atoms with Gasteiger partial charge in [0.15, 0.2) is 0 Å². The summed E-state index contributed by atoms with van der Waals surface area (Å²) in [7, 11) is 0. The SMILES string of the molecule is CCC(C)(C)S.NC1CCC(CNc2ccc(Sc3ccccc3)nc2)CC1.O.O. The Morgan fingerprint density at radius 2 is 1.67 bits per heavy atom. The van der Waals surface area contributed by atoms with E-state index in [1.807, 2.05) is 24.4 Å². The van der Waals surface area contributed by atoms with Crippen LogP contribution in [0.1, 0.15) is 52.9 Å². The number of nitrogens with one attached hydrogen (secondary N) is 1. The Balaban J connectivity index is 0.000000930. The summed E-state index contributed by atoms with van der Waals surface area (Å²) in [5.41, 5.74) is 7.06. The molecule has 1 fully saturated rings. The predicted octanol–water partition coefficient (Wildman–Crippen LogP) is 4.62. The normalized spacial score (nSPS) is 18.2. The number of hydrogen-bond donors (Lipinski definition) is 3. The van der Waals surface area contributed by atoms with E-state index < -0.39 is 0 Å². The number of nitrogens with zero attached hydrogens (tertiary/aromatic N) is 1. The van der Waals surface area contributed by atoms with Crippen LogP contribution in [0.4, 0.5) is 5.69 Å². The monoisotopic (exact) mass is 453 g/mol. The zero-order valence-corrected chi connectivity index (χ0v) is 20.1. The Hall–Kier alpha value is -1.25. The van der Waals surface area contributed by atoms with E-state index in [9.17, 15) is 0 Å². The molecule has 2 aromatic rings. The summed E-state index contributed by atoms with van der Waals surface area (Å²) in [5.74, 6) is 0.748. The van der Waals surface area contributed by atoms with Gasteiger partial charge >= 0.3 is 0 Å². The van der Waals surface area contributed by atoms with E-state index in [0.717, 1.165) is 42.4 Å². The molecule has 30 heavy (non-hydrogen) atoms. The Labute approximate surface area is 191 Å². The summed E-state index contributed by atoms with van der Waals surface area (Å²) in [6, 6.07) is 15.0. The molecular formula is C23H39N3O2S2. The minimum Gasteiger partial charge on any atom is -0.412 e. The second-order valence-electron chi connectivity index (χ2n) is 8.13. The molecule has 5 nitrogen and oxygen atoms in total. The highest BCUT2D eigenvalue weighted by Gasteiger charge is 2.18. The lowest BCUT2D eigenvalue weighted by Gasteiger charge is -2.26. The number of rotatable bonds is 6. The van der Waals surface area contributed by atoms with Crippen molar-refractivity contribution in [1.82, 2.24) is 4.98 Å². The van der Waals surface area contributed by atoms with Crippen molar-refractivity contribution < 1.29 is 11.0 Å². The van der Waals surface area contributed by atoms with E-state index in [1.165, 1.54) is 17.7 Å². The molecule has 0 saturated heterocycles. The minimum atomic E-state index is 0. The second-order valence-corrected chi connectivity index (χ2v) is 10.4.